The molecule has 110 valence electrons. The number of amides is 2. The van der Waals surface area contributed by atoms with Crippen LogP contribution < -0.4 is 10.6 Å². The summed E-state index contributed by atoms with van der Waals surface area (Å²) in [5.74, 6) is -1.05. The van der Waals surface area contributed by atoms with Crippen molar-refractivity contribution >= 4 is 29.4 Å². The third-order valence-corrected chi connectivity index (χ3v) is 3.54. The quantitative estimate of drug-likeness (QED) is 0.746. The van der Waals surface area contributed by atoms with Gasteiger partial charge < -0.3 is 15.7 Å². The van der Waals surface area contributed by atoms with E-state index in [1.54, 1.807) is 26.8 Å². The molecule has 2 amide bonds. The van der Waals surface area contributed by atoms with E-state index in [1.165, 1.54) is 11.8 Å². The molecule has 0 unspecified atom stereocenters. The number of aliphatic carboxylic acids is 1. The monoisotopic (exact) mass is 296 g/mol. The highest BCUT2D eigenvalue weighted by Crippen LogP contribution is 2.25. The van der Waals surface area contributed by atoms with Crippen LogP contribution in [0.3, 0.4) is 0 Å². The van der Waals surface area contributed by atoms with Crippen LogP contribution in [-0.4, -0.2) is 29.4 Å². The summed E-state index contributed by atoms with van der Waals surface area (Å²) >= 11 is 1.51. The lowest BCUT2D eigenvalue weighted by Gasteiger charge is -2.27. The molecule has 0 spiro atoms. The van der Waals surface area contributed by atoms with Crippen molar-refractivity contribution in [3.05, 3.63) is 24.3 Å². The highest BCUT2D eigenvalue weighted by molar-refractivity contribution is 7.98. The second-order valence-electron chi connectivity index (χ2n) is 5.44. The Bertz CT molecular complexity index is 497. The van der Waals surface area contributed by atoms with Crippen molar-refractivity contribution in [3.63, 3.8) is 0 Å². The van der Waals surface area contributed by atoms with Crippen molar-refractivity contribution < 1.29 is 14.7 Å². The van der Waals surface area contributed by atoms with Gasteiger partial charge in [0.05, 0.1) is 5.69 Å². The molecule has 0 heterocycles. The summed E-state index contributed by atoms with van der Waals surface area (Å²) in [5.41, 5.74) is 0.0953. The van der Waals surface area contributed by atoms with Crippen LogP contribution in [0.25, 0.3) is 0 Å². The molecule has 0 saturated heterocycles. The Morgan fingerprint density at radius 3 is 2.35 bits per heavy atom. The van der Waals surface area contributed by atoms with E-state index in [-0.39, 0.29) is 0 Å². The minimum Gasteiger partial charge on any atom is -0.480 e. The lowest BCUT2D eigenvalue weighted by Crippen LogP contribution is -2.50. The molecule has 0 aromatic heterocycles. The van der Waals surface area contributed by atoms with Crippen molar-refractivity contribution in [2.45, 2.75) is 31.7 Å². The third kappa shape index (κ3) is 4.45. The number of thioether (sulfide) groups is 1. The first-order valence-electron chi connectivity index (χ1n) is 6.19. The van der Waals surface area contributed by atoms with Crippen LogP contribution in [0.4, 0.5) is 10.5 Å². The molecule has 1 rings (SSSR count). The van der Waals surface area contributed by atoms with E-state index in [0.29, 0.717) is 5.69 Å². The van der Waals surface area contributed by atoms with Crippen LogP contribution in [0.1, 0.15) is 20.8 Å². The number of benzene rings is 1. The van der Waals surface area contributed by atoms with Crippen molar-refractivity contribution in [1.29, 1.82) is 0 Å². The number of carbonyl (C=O) groups excluding carboxylic acids is 1. The zero-order chi connectivity index (χ0) is 15.3. The Morgan fingerprint density at radius 2 is 1.85 bits per heavy atom. The summed E-state index contributed by atoms with van der Waals surface area (Å²) in [7, 11) is 0. The minimum absolute atomic E-state index is 0.520. The Balaban J connectivity index is 2.79. The number of anilines is 1. The number of hydrogen-bond donors (Lipinski definition) is 3. The number of urea groups is 1. The molecule has 3 N–H and O–H groups in total. The molecule has 6 heteroatoms. The van der Waals surface area contributed by atoms with Crippen LogP contribution >= 0.6 is 11.8 Å². The van der Waals surface area contributed by atoms with E-state index in [4.69, 9.17) is 0 Å². The zero-order valence-electron chi connectivity index (χ0n) is 12.1. The lowest BCUT2D eigenvalue weighted by molar-refractivity contribution is -0.141. The summed E-state index contributed by atoms with van der Waals surface area (Å²) < 4.78 is 0. The van der Waals surface area contributed by atoms with E-state index >= 15 is 0 Å². The van der Waals surface area contributed by atoms with E-state index in [1.807, 2.05) is 24.5 Å². The summed E-state index contributed by atoms with van der Waals surface area (Å²) in [5, 5.41) is 14.4. The molecule has 0 bridgehead atoms. The largest absolute Gasteiger partial charge is 0.480 e. The normalized spacial score (nSPS) is 12.6. The SMILES string of the molecule is CSc1ccccc1NC(=O)N[C@H](C(=O)O)C(C)(C)C. The Labute approximate surface area is 123 Å². The van der Waals surface area contributed by atoms with Gasteiger partial charge in [-0.1, -0.05) is 32.9 Å². The first-order valence-corrected chi connectivity index (χ1v) is 7.41. The number of nitrogens with one attached hydrogen (secondary N) is 2. The van der Waals surface area contributed by atoms with Gasteiger partial charge in [0.1, 0.15) is 6.04 Å². The third-order valence-electron chi connectivity index (χ3n) is 2.74. The van der Waals surface area contributed by atoms with Gasteiger partial charge in [0, 0.05) is 4.90 Å². The molecule has 0 aliphatic rings. The van der Waals surface area contributed by atoms with Crippen LogP contribution in [-0.2, 0) is 4.79 Å². The molecule has 1 atom stereocenters. The average molecular weight is 296 g/mol. The van der Waals surface area contributed by atoms with Crippen LogP contribution in [0, 0.1) is 5.41 Å². The van der Waals surface area contributed by atoms with Gasteiger partial charge in [-0.15, -0.1) is 11.8 Å². The Kier molecular flexibility index (Phi) is 5.44. The molecule has 20 heavy (non-hydrogen) atoms. The predicted molar refractivity (Wildman–Crippen MR) is 81.3 cm³/mol. The first-order chi connectivity index (χ1) is 9.25. The fourth-order valence-corrected chi connectivity index (χ4v) is 2.24. The standard InChI is InChI=1S/C14H20N2O3S/c1-14(2,3)11(12(17)18)16-13(19)15-9-7-5-6-8-10(9)20-4/h5-8,11H,1-4H3,(H,17,18)(H2,15,16,19)/t11-/m1/s1. The summed E-state index contributed by atoms with van der Waals surface area (Å²) in [6.45, 7) is 5.30. The molecule has 5 nitrogen and oxygen atoms in total. The maximum Gasteiger partial charge on any atom is 0.326 e. The molecule has 0 aliphatic heterocycles. The van der Waals surface area contributed by atoms with Crippen molar-refractivity contribution in [2.24, 2.45) is 5.41 Å². The van der Waals surface area contributed by atoms with Crippen molar-refractivity contribution in [2.75, 3.05) is 11.6 Å². The van der Waals surface area contributed by atoms with E-state index in [0.717, 1.165) is 4.90 Å². The van der Waals surface area contributed by atoms with Gasteiger partial charge in [0.15, 0.2) is 0 Å². The van der Waals surface area contributed by atoms with E-state index in [9.17, 15) is 14.7 Å². The minimum atomic E-state index is -1.05. The van der Waals surface area contributed by atoms with Crippen LogP contribution in [0.2, 0.25) is 0 Å². The fourth-order valence-electron chi connectivity index (χ4n) is 1.69. The second kappa shape index (κ2) is 6.65. The predicted octanol–water partition coefficient (Wildman–Crippen LogP) is 3.03. The molecule has 0 fully saturated rings. The maximum absolute atomic E-state index is 11.9. The van der Waals surface area contributed by atoms with Gasteiger partial charge in [-0.05, 0) is 23.8 Å². The first kappa shape index (κ1) is 16.4. The summed E-state index contributed by atoms with van der Waals surface area (Å²) in [6, 6.07) is 5.88. The molecule has 0 radical (unpaired) electrons. The molecular weight excluding hydrogens is 276 g/mol. The van der Waals surface area contributed by atoms with Gasteiger partial charge in [-0.25, -0.2) is 9.59 Å². The smallest absolute Gasteiger partial charge is 0.326 e. The van der Waals surface area contributed by atoms with Crippen molar-refractivity contribution in [1.82, 2.24) is 5.32 Å². The highest BCUT2D eigenvalue weighted by Gasteiger charge is 2.32. The topological polar surface area (TPSA) is 78.4 Å². The second-order valence-corrected chi connectivity index (χ2v) is 6.28. The van der Waals surface area contributed by atoms with Gasteiger partial charge in [-0.2, -0.15) is 0 Å². The van der Waals surface area contributed by atoms with Gasteiger partial charge in [0.2, 0.25) is 0 Å². The zero-order valence-corrected chi connectivity index (χ0v) is 12.9. The lowest BCUT2D eigenvalue weighted by atomic mass is 9.87. The molecule has 0 aliphatic carbocycles. The van der Waals surface area contributed by atoms with Crippen LogP contribution in [0.15, 0.2) is 29.2 Å². The number of carboxylic acid groups (broad SMARTS) is 1. The van der Waals surface area contributed by atoms with E-state index < -0.39 is 23.5 Å². The Hall–Kier alpha value is -1.69. The molecule has 1 aromatic carbocycles. The number of para-hydroxylation sites is 1. The maximum atomic E-state index is 11.9. The van der Waals surface area contributed by atoms with Crippen molar-refractivity contribution in [3.8, 4) is 0 Å². The van der Waals surface area contributed by atoms with Gasteiger partial charge >= 0.3 is 12.0 Å². The molecule has 1 aromatic rings. The number of hydrogen-bond acceptors (Lipinski definition) is 3. The Morgan fingerprint density at radius 1 is 1.25 bits per heavy atom. The van der Waals surface area contributed by atoms with Gasteiger partial charge in [-0.3, -0.25) is 0 Å². The fraction of sp³-hybridized carbons (Fsp3) is 0.429. The van der Waals surface area contributed by atoms with Crippen LogP contribution in [0.5, 0.6) is 0 Å². The number of carbonyl (C=O) groups is 2. The molecular formula is C14H20N2O3S. The summed E-state index contributed by atoms with van der Waals surface area (Å²) in [4.78, 5) is 24.1. The van der Waals surface area contributed by atoms with E-state index in [2.05, 4.69) is 10.6 Å². The molecule has 0 saturated carbocycles. The number of rotatable bonds is 4. The average Bonchev–Trinajstić information content (AvgIpc) is 2.35. The highest BCUT2D eigenvalue weighted by atomic mass is 32.2. The van der Waals surface area contributed by atoms with Gasteiger partial charge in [0.25, 0.3) is 0 Å². The number of carboxylic acids is 1. The summed E-state index contributed by atoms with van der Waals surface area (Å²) in [6.07, 6.45) is 1.91.